The number of rotatable bonds is 8. The van der Waals surface area contributed by atoms with Gasteiger partial charge < -0.3 is 10.3 Å². The lowest BCUT2D eigenvalue weighted by molar-refractivity contribution is -0.111. The highest BCUT2D eigenvalue weighted by Crippen LogP contribution is 2.05. The molecule has 0 saturated carbocycles. The van der Waals surface area contributed by atoms with Crippen molar-refractivity contribution in [1.82, 2.24) is 4.90 Å². The van der Waals surface area contributed by atoms with Crippen LogP contribution in [0.25, 0.3) is 0 Å². The first-order valence-electron chi connectivity index (χ1n) is 5.63. The highest BCUT2D eigenvalue weighted by molar-refractivity contribution is 6.42. The topological polar surface area (TPSA) is 68.0 Å². The Bertz CT molecular complexity index is 289. The Balaban J connectivity index is 4.83. The van der Waals surface area contributed by atoms with Crippen LogP contribution in [0.5, 0.6) is 0 Å². The molecule has 0 saturated heterocycles. The summed E-state index contributed by atoms with van der Waals surface area (Å²) < 4.78 is 0. The molecule has 0 aliphatic carbocycles. The van der Waals surface area contributed by atoms with Crippen molar-refractivity contribution in [3.8, 4) is 0 Å². The summed E-state index contributed by atoms with van der Waals surface area (Å²) >= 11 is 0. The van der Waals surface area contributed by atoms with Gasteiger partial charge in [0.2, 0.25) is 0 Å². The van der Waals surface area contributed by atoms with Crippen molar-refractivity contribution in [2.24, 2.45) is 0 Å². The van der Waals surface area contributed by atoms with Crippen molar-refractivity contribution in [1.29, 1.82) is 10.8 Å². The highest BCUT2D eigenvalue weighted by atomic mass is 16.1. The summed E-state index contributed by atoms with van der Waals surface area (Å²) in [6.45, 7) is 7.20. The fraction of sp³-hybridized carbons (Fsp3) is 0.583. The molecule has 0 fully saturated rings. The zero-order chi connectivity index (χ0) is 12.6. The van der Waals surface area contributed by atoms with E-state index in [2.05, 4.69) is 13.8 Å². The monoisotopic (exact) mass is 223 g/mol. The maximum atomic E-state index is 11.0. The number of ketones is 1. The van der Waals surface area contributed by atoms with Crippen LogP contribution >= 0.6 is 0 Å². The van der Waals surface area contributed by atoms with Gasteiger partial charge in [0.25, 0.3) is 0 Å². The number of carbonyl (C=O) groups excluding carboxylic acids is 1. The smallest absolute Gasteiger partial charge is 0.177 e. The maximum Gasteiger partial charge on any atom is 0.177 e. The van der Waals surface area contributed by atoms with E-state index in [1.807, 2.05) is 4.90 Å². The molecule has 0 aromatic rings. The highest BCUT2D eigenvalue weighted by Gasteiger charge is 2.08. The van der Waals surface area contributed by atoms with E-state index in [0.29, 0.717) is 5.70 Å². The summed E-state index contributed by atoms with van der Waals surface area (Å²) in [6.07, 6.45) is 4.65. The number of hydrogen-bond acceptors (Lipinski definition) is 4. The first-order chi connectivity index (χ1) is 7.56. The van der Waals surface area contributed by atoms with Crippen LogP contribution in [0, 0.1) is 10.8 Å². The Hall–Kier alpha value is -1.45. The van der Waals surface area contributed by atoms with Crippen LogP contribution in [0.1, 0.15) is 33.6 Å². The summed E-state index contributed by atoms with van der Waals surface area (Å²) in [5.74, 6) is -0.271. The van der Waals surface area contributed by atoms with Crippen LogP contribution in [0.4, 0.5) is 0 Å². The van der Waals surface area contributed by atoms with E-state index in [1.165, 1.54) is 19.2 Å². The Labute approximate surface area is 97.4 Å². The van der Waals surface area contributed by atoms with E-state index in [9.17, 15) is 4.79 Å². The van der Waals surface area contributed by atoms with Gasteiger partial charge in [-0.05, 0) is 18.9 Å². The summed E-state index contributed by atoms with van der Waals surface area (Å²) in [5.41, 5.74) is 0.597. The maximum absolute atomic E-state index is 11.0. The van der Waals surface area contributed by atoms with E-state index < -0.39 is 0 Å². The molecule has 4 heteroatoms. The summed E-state index contributed by atoms with van der Waals surface area (Å²) in [4.78, 5) is 13.0. The van der Waals surface area contributed by atoms with E-state index in [0.717, 1.165) is 25.9 Å². The average molecular weight is 223 g/mol. The quantitative estimate of drug-likeness (QED) is 0.620. The minimum absolute atomic E-state index is 0.0456. The molecular weight excluding hydrogens is 202 g/mol. The van der Waals surface area contributed by atoms with Gasteiger partial charge in [0.15, 0.2) is 5.78 Å². The predicted octanol–water partition coefficient (Wildman–Crippen LogP) is 2.25. The Kier molecular flexibility index (Phi) is 7.09. The van der Waals surface area contributed by atoms with Gasteiger partial charge in [-0.3, -0.25) is 10.2 Å². The lowest BCUT2D eigenvalue weighted by Crippen LogP contribution is -2.26. The van der Waals surface area contributed by atoms with Crippen LogP contribution in [0.15, 0.2) is 11.8 Å². The van der Waals surface area contributed by atoms with Gasteiger partial charge in [0.1, 0.15) is 0 Å². The molecule has 0 unspecified atom stereocenters. The van der Waals surface area contributed by atoms with Gasteiger partial charge in [-0.25, -0.2) is 0 Å². The molecule has 0 rings (SSSR count). The zero-order valence-corrected chi connectivity index (χ0v) is 10.3. The molecule has 0 amide bonds. The molecule has 0 aliphatic heterocycles. The van der Waals surface area contributed by atoms with Crippen LogP contribution in [0.3, 0.4) is 0 Å². The van der Waals surface area contributed by atoms with Crippen LogP contribution in [-0.4, -0.2) is 35.7 Å². The third-order valence-corrected chi connectivity index (χ3v) is 2.17. The molecule has 0 aromatic heterocycles. The molecule has 0 bridgehead atoms. The van der Waals surface area contributed by atoms with Gasteiger partial charge in [-0.15, -0.1) is 0 Å². The van der Waals surface area contributed by atoms with Gasteiger partial charge in [0.05, 0.1) is 11.4 Å². The summed E-state index contributed by atoms with van der Waals surface area (Å²) in [5, 5.41) is 14.8. The van der Waals surface area contributed by atoms with Crippen LogP contribution < -0.4 is 0 Å². The third kappa shape index (κ3) is 4.87. The normalized spacial score (nSPS) is 11.1. The van der Waals surface area contributed by atoms with Gasteiger partial charge in [0, 0.05) is 26.2 Å². The minimum atomic E-state index is -0.271. The molecule has 0 heterocycles. The van der Waals surface area contributed by atoms with E-state index in [-0.39, 0.29) is 11.5 Å². The molecule has 0 atom stereocenters. The second-order valence-corrected chi connectivity index (χ2v) is 3.67. The zero-order valence-electron chi connectivity index (χ0n) is 10.3. The van der Waals surface area contributed by atoms with Gasteiger partial charge >= 0.3 is 0 Å². The molecule has 90 valence electrons. The predicted molar refractivity (Wildman–Crippen MR) is 67.4 cm³/mol. The molecular formula is C12H21N3O. The Morgan fingerprint density at radius 2 is 1.75 bits per heavy atom. The summed E-state index contributed by atoms with van der Waals surface area (Å²) in [7, 11) is 0. The van der Waals surface area contributed by atoms with E-state index in [4.69, 9.17) is 10.8 Å². The first-order valence-corrected chi connectivity index (χ1v) is 5.63. The largest absolute Gasteiger partial charge is 0.370 e. The second-order valence-electron chi connectivity index (χ2n) is 3.67. The molecule has 4 nitrogen and oxygen atoms in total. The summed E-state index contributed by atoms with van der Waals surface area (Å²) in [6, 6.07) is 0. The lowest BCUT2D eigenvalue weighted by atomic mass is 10.2. The Morgan fingerprint density at radius 3 is 2.06 bits per heavy atom. The molecule has 16 heavy (non-hydrogen) atoms. The molecule has 0 spiro atoms. The van der Waals surface area contributed by atoms with E-state index in [1.54, 1.807) is 0 Å². The number of nitrogens with zero attached hydrogens (tertiary/aromatic N) is 1. The molecule has 0 aliphatic rings. The number of carbonyl (C=O) groups is 1. The van der Waals surface area contributed by atoms with Crippen LogP contribution in [0.2, 0.25) is 0 Å². The van der Waals surface area contributed by atoms with Crippen molar-refractivity contribution >= 4 is 17.7 Å². The van der Waals surface area contributed by atoms with Gasteiger partial charge in [-0.1, -0.05) is 13.8 Å². The third-order valence-electron chi connectivity index (χ3n) is 2.17. The standard InChI is InChI=1S/C12H21N3O/c1-4-6-15(7-5-2)11(9-13)8-12(14)10(3)16/h8-9,13-14H,4-7H2,1-3H3/b11-8+,13-9?,14-12?. The number of nitrogens with one attached hydrogen (secondary N) is 2. The molecule has 0 radical (unpaired) electrons. The molecule has 0 aromatic carbocycles. The number of allylic oxidation sites excluding steroid dienone is 2. The fourth-order valence-electron chi connectivity index (χ4n) is 1.38. The average Bonchev–Trinajstić information content (AvgIpc) is 2.25. The SMILES string of the molecule is CCCN(CCC)/C(C=N)=C/C(=N)C(C)=O. The van der Waals surface area contributed by atoms with Crippen molar-refractivity contribution < 1.29 is 4.79 Å². The molecule has 2 N–H and O–H groups in total. The first kappa shape index (κ1) is 14.6. The van der Waals surface area contributed by atoms with Crippen molar-refractivity contribution in [3.05, 3.63) is 11.8 Å². The van der Waals surface area contributed by atoms with Crippen LogP contribution in [-0.2, 0) is 4.79 Å². The van der Waals surface area contributed by atoms with Crippen molar-refractivity contribution in [2.75, 3.05) is 13.1 Å². The lowest BCUT2D eigenvalue weighted by Gasteiger charge is -2.24. The van der Waals surface area contributed by atoms with E-state index >= 15 is 0 Å². The fourth-order valence-corrected chi connectivity index (χ4v) is 1.38. The Morgan fingerprint density at radius 1 is 1.25 bits per heavy atom. The number of hydrogen-bond donors (Lipinski definition) is 2. The second kappa shape index (κ2) is 7.79. The van der Waals surface area contributed by atoms with Crippen molar-refractivity contribution in [2.45, 2.75) is 33.6 Å². The van der Waals surface area contributed by atoms with Crippen molar-refractivity contribution in [3.63, 3.8) is 0 Å². The minimum Gasteiger partial charge on any atom is -0.370 e. The van der Waals surface area contributed by atoms with Gasteiger partial charge in [-0.2, -0.15) is 0 Å². The number of Topliss-reactive ketones (excluding diaryl/α,β-unsaturated/α-hetero) is 1.